The first-order valence-corrected chi connectivity index (χ1v) is 11.7. The minimum atomic E-state index is -0.258. The van der Waals surface area contributed by atoms with Gasteiger partial charge in [0.05, 0.1) is 24.2 Å². The second kappa shape index (κ2) is 10.5. The Morgan fingerprint density at radius 2 is 2.12 bits per heavy atom. The van der Waals surface area contributed by atoms with E-state index < -0.39 is 0 Å². The van der Waals surface area contributed by atoms with Gasteiger partial charge in [-0.1, -0.05) is 47.3 Å². The highest BCUT2D eigenvalue weighted by molar-refractivity contribution is 9.10. The summed E-state index contributed by atoms with van der Waals surface area (Å²) in [5.41, 5.74) is 0.961. The van der Waals surface area contributed by atoms with Crippen LogP contribution in [0.4, 0.5) is 0 Å². The highest BCUT2D eigenvalue weighted by Gasteiger charge is 2.18. The van der Waals surface area contributed by atoms with Crippen molar-refractivity contribution >= 4 is 60.6 Å². The van der Waals surface area contributed by atoms with Gasteiger partial charge in [0.2, 0.25) is 0 Å². The van der Waals surface area contributed by atoms with Gasteiger partial charge in [0.15, 0.2) is 11.5 Å². The molecule has 2 aromatic carbocycles. The van der Waals surface area contributed by atoms with E-state index in [9.17, 15) is 4.79 Å². The van der Waals surface area contributed by atoms with Crippen LogP contribution in [-0.4, -0.2) is 29.6 Å². The van der Waals surface area contributed by atoms with Crippen LogP contribution >= 0.6 is 43.5 Å². The molecule has 0 radical (unpaired) electrons. The number of aromatic nitrogens is 2. The fraction of sp³-hybridized carbons (Fsp3) is 0.261. The fourth-order valence-corrected chi connectivity index (χ4v) is 4.01. The van der Waals surface area contributed by atoms with Gasteiger partial charge in [0, 0.05) is 20.4 Å². The summed E-state index contributed by atoms with van der Waals surface area (Å²) in [5.74, 6) is 3.71. The Bertz CT molecular complexity index is 1300. The summed E-state index contributed by atoms with van der Waals surface area (Å²) in [6.07, 6.45) is 7.61. The summed E-state index contributed by atoms with van der Waals surface area (Å²) in [6.45, 7) is 4.08. The van der Waals surface area contributed by atoms with Gasteiger partial charge in [0.25, 0.3) is 5.56 Å². The average molecular weight is 582 g/mol. The molecule has 3 rings (SSSR count). The molecule has 0 unspecified atom stereocenters. The Hall–Kier alpha value is -2.34. The minimum absolute atomic E-state index is 0.0222. The van der Waals surface area contributed by atoms with Crippen molar-refractivity contribution in [3.63, 3.8) is 0 Å². The van der Waals surface area contributed by atoms with Crippen LogP contribution in [0.15, 0.2) is 43.1 Å². The fourth-order valence-electron chi connectivity index (χ4n) is 3.00. The molecule has 0 spiro atoms. The summed E-state index contributed by atoms with van der Waals surface area (Å²) in [7, 11) is 1.50. The zero-order valence-corrected chi connectivity index (χ0v) is 21.6. The molecular weight excluding hydrogens is 562 g/mol. The molecule has 0 aliphatic heterocycles. The quantitative estimate of drug-likeness (QED) is 0.254. The van der Waals surface area contributed by atoms with E-state index >= 15 is 0 Å². The number of terminal acetylenes is 1. The Morgan fingerprint density at radius 1 is 1.38 bits per heavy atom. The third-order valence-corrected chi connectivity index (χ3v) is 6.81. The Labute approximate surface area is 207 Å². The van der Waals surface area contributed by atoms with Crippen molar-refractivity contribution in [2.75, 3.05) is 13.7 Å². The number of fused-ring (bicyclic) bond motifs is 1. The second-order valence-electron chi connectivity index (χ2n) is 6.92. The molecule has 166 valence electrons. The Kier molecular flexibility index (Phi) is 7.99. The van der Waals surface area contributed by atoms with Crippen molar-refractivity contribution in [3.05, 3.63) is 60.0 Å². The van der Waals surface area contributed by atoms with Gasteiger partial charge in [-0.3, -0.25) is 4.79 Å². The summed E-state index contributed by atoms with van der Waals surface area (Å²) < 4.78 is 13.6. The van der Waals surface area contributed by atoms with Crippen LogP contribution in [0, 0.1) is 12.3 Å². The van der Waals surface area contributed by atoms with E-state index in [1.807, 2.05) is 26.0 Å². The number of ether oxygens (including phenoxy) is 2. The smallest absolute Gasteiger partial charge is 0.282 e. The predicted molar refractivity (Wildman–Crippen MR) is 135 cm³/mol. The number of nitrogens with zero attached hydrogens (tertiary/aromatic N) is 3. The van der Waals surface area contributed by atoms with Crippen molar-refractivity contribution in [2.45, 2.75) is 26.2 Å². The standard InChI is InChI=1S/C23H20Br2ClN3O3/c1-5-9-32-21-18(31-4)10-14(19(25)20(21)26)12-27-29-22(13(3)6-2)28-17-8-7-15(24)11-16(17)23(29)30/h1,7-8,10-13H,6,9H2,2-4H3/t13-/m1/s1. The maximum Gasteiger partial charge on any atom is 0.282 e. The molecule has 0 fully saturated rings. The summed E-state index contributed by atoms with van der Waals surface area (Å²) in [4.78, 5) is 18.0. The molecule has 1 heterocycles. The molecule has 32 heavy (non-hydrogen) atoms. The van der Waals surface area contributed by atoms with Crippen LogP contribution in [-0.2, 0) is 0 Å². The van der Waals surface area contributed by atoms with Crippen molar-refractivity contribution < 1.29 is 9.47 Å². The lowest BCUT2D eigenvalue weighted by atomic mass is 10.1. The number of methoxy groups -OCH3 is 1. The first kappa shape index (κ1) is 24.3. The minimum Gasteiger partial charge on any atom is -0.493 e. The van der Waals surface area contributed by atoms with Gasteiger partial charge >= 0.3 is 0 Å². The van der Waals surface area contributed by atoms with Gasteiger partial charge in [-0.05, 0) is 46.6 Å². The van der Waals surface area contributed by atoms with Crippen LogP contribution < -0.4 is 15.0 Å². The number of benzene rings is 2. The molecule has 0 saturated heterocycles. The first-order chi connectivity index (χ1) is 15.3. The van der Waals surface area contributed by atoms with Crippen LogP contribution in [0.5, 0.6) is 11.5 Å². The molecule has 3 aromatic rings. The lowest BCUT2D eigenvalue weighted by Crippen LogP contribution is -2.23. The van der Waals surface area contributed by atoms with Crippen molar-refractivity contribution in [1.29, 1.82) is 0 Å². The van der Waals surface area contributed by atoms with E-state index in [1.165, 1.54) is 18.0 Å². The number of halogens is 3. The molecule has 9 heteroatoms. The van der Waals surface area contributed by atoms with Gasteiger partial charge in [-0.25, -0.2) is 4.98 Å². The topological polar surface area (TPSA) is 65.7 Å². The number of rotatable bonds is 7. The third-order valence-electron chi connectivity index (χ3n) is 4.87. The average Bonchev–Trinajstić information content (AvgIpc) is 2.79. The molecule has 6 nitrogen and oxygen atoms in total. The zero-order chi connectivity index (χ0) is 23.4. The van der Waals surface area contributed by atoms with E-state index in [4.69, 9.17) is 32.5 Å². The molecule has 0 N–H and O–H groups in total. The molecule has 0 saturated carbocycles. The van der Waals surface area contributed by atoms with Crippen LogP contribution in [0.3, 0.4) is 0 Å². The lowest BCUT2D eigenvalue weighted by Gasteiger charge is -2.15. The van der Waals surface area contributed by atoms with Crippen LogP contribution in [0.1, 0.15) is 37.6 Å². The van der Waals surface area contributed by atoms with E-state index in [0.717, 1.165) is 10.9 Å². The zero-order valence-electron chi connectivity index (χ0n) is 17.7. The van der Waals surface area contributed by atoms with E-state index in [-0.39, 0.29) is 23.1 Å². The van der Waals surface area contributed by atoms with E-state index in [0.29, 0.717) is 38.3 Å². The van der Waals surface area contributed by atoms with Gasteiger partial charge in [-0.2, -0.15) is 9.78 Å². The monoisotopic (exact) mass is 579 g/mol. The highest BCUT2D eigenvalue weighted by atomic mass is 79.9. The van der Waals surface area contributed by atoms with Crippen LogP contribution in [0.2, 0.25) is 5.02 Å². The van der Waals surface area contributed by atoms with Gasteiger partial charge in [-0.15, -0.1) is 6.42 Å². The van der Waals surface area contributed by atoms with E-state index in [1.54, 1.807) is 12.1 Å². The summed E-state index contributed by atoms with van der Waals surface area (Å²) in [6, 6.07) is 7.11. The van der Waals surface area contributed by atoms with Gasteiger partial charge in [0.1, 0.15) is 17.5 Å². The molecule has 1 atom stereocenters. The van der Waals surface area contributed by atoms with Gasteiger partial charge < -0.3 is 9.47 Å². The number of hydrogen-bond donors (Lipinski definition) is 0. The molecule has 1 aromatic heterocycles. The second-order valence-corrected chi connectivity index (χ2v) is 9.01. The lowest BCUT2D eigenvalue weighted by molar-refractivity contribution is 0.331. The summed E-state index contributed by atoms with van der Waals surface area (Å²) in [5, 5.41) is 5.23. The Morgan fingerprint density at radius 3 is 2.78 bits per heavy atom. The molecule has 0 aliphatic rings. The normalized spacial score (nSPS) is 12.2. The Balaban J connectivity index is 2.18. The molecule has 0 aliphatic carbocycles. The molecule has 0 bridgehead atoms. The SMILES string of the molecule is C#CCOc1c(OC)cc(C=Nn2c([C@H](C)CC)nc3ccc(Br)cc3c2=O)c(Br)c1Cl. The number of hydrogen-bond acceptors (Lipinski definition) is 5. The highest BCUT2D eigenvalue weighted by Crippen LogP contribution is 2.42. The predicted octanol–water partition coefficient (Wildman–Crippen LogP) is 5.99. The summed E-state index contributed by atoms with van der Waals surface area (Å²) >= 11 is 13.3. The van der Waals surface area contributed by atoms with Crippen molar-refractivity contribution in [2.24, 2.45) is 5.10 Å². The maximum absolute atomic E-state index is 13.3. The first-order valence-electron chi connectivity index (χ1n) is 9.71. The van der Waals surface area contributed by atoms with Crippen LogP contribution in [0.25, 0.3) is 10.9 Å². The van der Waals surface area contributed by atoms with Crippen molar-refractivity contribution in [1.82, 2.24) is 9.66 Å². The van der Waals surface area contributed by atoms with Crippen molar-refractivity contribution in [3.8, 4) is 23.8 Å². The largest absolute Gasteiger partial charge is 0.493 e. The molecule has 0 amide bonds. The van der Waals surface area contributed by atoms with E-state index in [2.05, 4.69) is 42.9 Å². The maximum atomic E-state index is 13.3. The third kappa shape index (κ3) is 4.85. The molecular formula is C23H20Br2ClN3O3.